The Morgan fingerprint density at radius 3 is 2.52 bits per heavy atom. The van der Waals surface area contributed by atoms with Gasteiger partial charge in [0.25, 0.3) is 5.91 Å². The summed E-state index contributed by atoms with van der Waals surface area (Å²) in [6, 6.07) is 15.8. The first-order valence-corrected chi connectivity index (χ1v) is 12.6. The number of nitrogens with zero attached hydrogens (tertiary/aromatic N) is 4. The van der Waals surface area contributed by atoms with Gasteiger partial charge in [0.15, 0.2) is 0 Å². The van der Waals surface area contributed by atoms with Crippen molar-refractivity contribution < 1.29 is 17.9 Å². The third kappa shape index (κ3) is 5.06. The third-order valence-electron chi connectivity index (χ3n) is 5.31. The molecule has 0 N–H and O–H groups in total. The van der Waals surface area contributed by atoms with E-state index in [1.54, 1.807) is 22.4 Å². The van der Waals surface area contributed by atoms with Gasteiger partial charge in [0.1, 0.15) is 29.1 Å². The van der Waals surface area contributed by atoms with Crippen LogP contribution in [0.1, 0.15) is 26.6 Å². The van der Waals surface area contributed by atoms with Gasteiger partial charge in [-0.3, -0.25) is 4.79 Å². The van der Waals surface area contributed by atoms with Gasteiger partial charge in [-0.2, -0.15) is 9.57 Å². The molecule has 2 heterocycles. The molecule has 3 aromatic rings. The maximum Gasteiger partial charge on any atom is 0.273 e. The van der Waals surface area contributed by atoms with Crippen molar-refractivity contribution in [1.29, 1.82) is 5.26 Å². The molecule has 0 unspecified atom stereocenters. The van der Waals surface area contributed by atoms with Crippen LogP contribution in [0.5, 0.6) is 5.75 Å². The number of piperazine rings is 1. The van der Waals surface area contributed by atoms with Gasteiger partial charge in [0, 0.05) is 31.6 Å². The van der Waals surface area contributed by atoms with Crippen molar-refractivity contribution in [3.63, 3.8) is 0 Å². The summed E-state index contributed by atoms with van der Waals surface area (Å²) in [5.41, 5.74) is 1.58. The van der Waals surface area contributed by atoms with Gasteiger partial charge in [0.05, 0.1) is 10.5 Å². The normalized spacial score (nSPS) is 14.6. The number of carbonyl (C=O) groups excluding carboxylic acids is 1. The van der Waals surface area contributed by atoms with E-state index in [2.05, 4.69) is 4.98 Å². The second-order valence-corrected chi connectivity index (χ2v) is 10.4. The van der Waals surface area contributed by atoms with Gasteiger partial charge in [-0.15, -0.1) is 11.3 Å². The number of aryl methyl sites for hydroxylation is 1. The molecule has 0 bridgehead atoms. The average molecular weight is 483 g/mol. The lowest BCUT2D eigenvalue weighted by atomic mass is 10.2. The molecule has 8 nitrogen and oxygen atoms in total. The zero-order valence-corrected chi connectivity index (χ0v) is 19.6. The number of nitriles is 1. The molecule has 0 saturated carbocycles. The number of aromatic nitrogens is 1. The lowest BCUT2D eigenvalue weighted by Gasteiger charge is -2.33. The molecular formula is C23H22N4O4S2. The van der Waals surface area contributed by atoms with E-state index in [1.807, 2.05) is 37.3 Å². The van der Waals surface area contributed by atoms with Gasteiger partial charge in [-0.25, -0.2) is 13.4 Å². The van der Waals surface area contributed by atoms with Crippen molar-refractivity contribution in [1.82, 2.24) is 14.2 Å². The summed E-state index contributed by atoms with van der Waals surface area (Å²) in [6.45, 7) is 3.08. The van der Waals surface area contributed by atoms with E-state index >= 15 is 0 Å². The van der Waals surface area contributed by atoms with Crippen LogP contribution in [0.15, 0.2) is 58.8 Å². The number of amides is 1. The lowest BCUT2D eigenvalue weighted by Crippen LogP contribution is -2.50. The Bertz CT molecular complexity index is 1290. The summed E-state index contributed by atoms with van der Waals surface area (Å²) >= 11 is 1.35. The molecule has 1 aliphatic heterocycles. The van der Waals surface area contributed by atoms with Crippen LogP contribution in [0, 0.1) is 18.3 Å². The third-order valence-corrected chi connectivity index (χ3v) is 8.08. The highest BCUT2D eigenvalue weighted by Crippen LogP contribution is 2.22. The number of hydrogen-bond acceptors (Lipinski definition) is 7. The number of ether oxygens (including phenoxy) is 1. The predicted molar refractivity (Wildman–Crippen MR) is 123 cm³/mol. The van der Waals surface area contributed by atoms with Crippen LogP contribution in [-0.4, -0.2) is 54.7 Å². The Balaban J connectivity index is 1.36. The summed E-state index contributed by atoms with van der Waals surface area (Å²) in [6.07, 6.45) is 0. The van der Waals surface area contributed by atoms with E-state index < -0.39 is 10.0 Å². The number of thiazole rings is 1. The molecule has 0 atom stereocenters. The molecule has 1 aromatic heterocycles. The maximum absolute atomic E-state index is 13.0. The summed E-state index contributed by atoms with van der Waals surface area (Å²) in [5, 5.41) is 11.6. The largest absolute Gasteiger partial charge is 0.486 e. The fraction of sp³-hybridized carbons (Fsp3) is 0.261. The first kappa shape index (κ1) is 22.9. The standard InChI is InChI=1S/C23H22N4O4S2/c1-17-6-8-19(9-7-17)31-15-22-25-20(16-32-22)23(28)26-10-12-27(13-11-26)33(29,30)21-5-3-2-4-18(21)14-24/h2-9,16H,10-13,15H2,1H3. The average Bonchev–Trinajstić information content (AvgIpc) is 3.32. The maximum atomic E-state index is 13.0. The van der Waals surface area contributed by atoms with Crippen molar-refractivity contribution in [2.24, 2.45) is 0 Å². The van der Waals surface area contributed by atoms with Crippen molar-refractivity contribution in [3.8, 4) is 11.8 Å². The van der Waals surface area contributed by atoms with Gasteiger partial charge in [0.2, 0.25) is 10.0 Å². The highest BCUT2D eigenvalue weighted by molar-refractivity contribution is 7.89. The topological polar surface area (TPSA) is 104 Å². The minimum Gasteiger partial charge on any atom is -0.486 e. The first-order valence-electron chi connectivity index (χ1n) is 10.3. The Labute approximate surface area is 196 Å². The molecule has 1 aliphatic rings. The molecule has 0 radical (unpaired) electrons. The summed E-state index contributed by atoms with van der Waals surface area (Å²) in [4.78, 5) is 18.9. The Morgan fingerprint density at radius 1 is 1.12 bits per heavy atom. The van der Waals surface area contributed by atoms with E-state index in [0.717, 1.165) is 11.3 Å². The van der Waals surface area contributed by atoms with Crippen molar-refractivity contribution >= 4 is 27.3 Å². The molecule has 1 saturated heterocycles. The molecule has 1 fully saturated rings. The van der Waals surface area contributed by atoms with Crippen LogP contribution in [0.4, 0.5) is 0 Å². The predicted octanol–water partition coefficient (Wildman–Crippen LogP) is 3.05. The number of benzene rings is 2. The molecule has 4 rings (SSSR count). The Hall–Kier alpha value is -3.26. The summed E-state index contributed by atoms with van der Waals surface area (Å²) in [5.74, 6) is 0.501. The second kappa shape index (κ2) is 9.70. The van der Waals surface area contributed by atoms with Crippen molar-refractivity contribution in [2.75, 3.05) is 26.2 Å². The number of carbonyl (C=O) groups is 1. The highest BCUT2D eigenvalue weighted by Gasteiger charge is 2.32. The number of sulfonamides is 1. The molecular weight excluding hydrogens is 460 g/mol. The molecule has 170 valence electrons. The van der Waals surface area contributed by atoms with E-state index in [0.29, 0.717) is 10.7 Å². The smallest absolute Gasteiger partial charge is 0.273 e. The monoisotopic (exact) mass is 482 g/mol. The van der Waals surface area contributed by atoms with Crippen LogP contribution in [0.25, 0.3) is 0 Å². The fourth-order valence-electron chi connectivity index (χ4n) is 3.47. The molecule has 33 heavy (non-hydrogen) atoms. The van der Waals surface area contributed by atoms with E-state index in [9.17, 15) is 18.5 Å². The van der Waals surface area contributed by atoms with Crippen LogP contribution in [0.3, 0.4) is 0 Å². The van der Waals surface area contributed by atoms with Gasteiger partial charge >= 0.3 is 0 Å². The molecule has 0 aliphatic carbocycles. The second-order valence-electron chi connectivity index (χ2n) is 7.53. The quantitative estimate of drug-likeness (QED) is 0.535. The van der Waals surface area contributed by atoms with Crippen molar-refractivity contribution in [3.05, 3.63) is 75.7 Å². The van der Waals surface area contributed by atoms with E-state index in [-0.39, 0.29) is 49.2 Å². The van der Waals surface area contributed by atoms with Gasteiger partial charge in [-0.1, -0.05) is 29.8 Å². The molecule has 2 aromatic carbocycles. The van der Waals surface area contributed by atoms with Crippen LogP contribution in [0.2, 0.25) is 0 Å². The number of hydrogen-bond donors (Lipinski definition) is 0. The SMILES string of the molecule is Cc1ccc(OCc2nc(C(=O)N3CCN(S(=O)(=O)c4ccccc4C#N)CC3)cs2)cc1. The first-order chi connectivity index (χ1) is 15.9. The molecule has 0 spiro atoms. The minimum absolute atomic E-state index is 0.00926. The van der Waals surface area contributed by atoms with Crippen LogP contribution in [-0.2, 0) is 16.6 Å². The molecule has 10 heteroatoms. The summed E-state index contributed by atoms with van der Waals surface area (Å²) < 4.78 is 33.0. The summed E-state index contributed by atoms with van der Waals surface area (Å²) in [7, 11) is -3.81. The van der Waals surface area contributed by atoms with Gasteiger partial charge < -0.3 is 9.64 Å². The zero-order valence-electron chi connectivity index (χ0n) is 18.0. The van der Waals surface area contributed by atoms with E-state index in [1.165, 1.54) is 27.8 Å². The van der Waals surface area contributed by atoms with Gasteiger partial charge in [-0.05, 0) is 31.2 Å². The van der Waals surface area contributed by atoms with E-state index in [4.69, 9.17) is 4.74 Å². The molecule has 1 amide bonds. The lowest BCUT2D eigenvalue weighted by molar-refractivity contribution is 0.0692. The Kier molecular flexibility index (Phi) is 6.74. The highest BCUT2D eigenvalue weighted by atomic mass is 32.2. The zero-order chi connectivity index (χ0) is 23.4. The van der Waals surface area contributed by atoms with Crippen molar-refractivity contribution in [2.45, 2.75) is 18.4 Å². The van der Waals surface area contributed by atoms with Crippen LogP contribution < -0.4 is 4.74 Å². The Morgan fingerprint density at radius 2 is 1.82 bits per heavy atom. The fourth-order valence-corrected chi connectivity index (χ4v) is 5.72. The minimum atomic E-state index is -3.81. The number of rotatable bonds is 6. The van der Waals surface area contributed by atoms with Crippen LogP contribution >= 0.6 is 11.3 Å².